The maximum absolute atomic E-state index is 8.99. The van der Waals surface area contributed by atoms with E-state index in [4.69, 9.17) is 10.9 Å². The summed E-state index contributed by atoms with van der Waals surface area (Å²) < 4.78 is 0.802. The number of hydrazine groups is 1. The molecular formula is C10H16BrN5O. The molecule has 1 heterocycles. The van der Waals surface area contributed by atoms with Crippen LogP contribution in [0.4, 0.5) is 11.8 Å². The van der Waals surface area contributed by atoms with Crippen LogP contribution in [0, 0.1) is 5.41 Å². The summed E-state index contributed by atoms with van der Waals surface area (Å²) in [5, 5.41) is 12.3. The van der Waals surface area contributed by atoms with Crippen LogP contribution < -0.4 is 16.6 Å². The zero-order valence-corrected chi connectivity index (χ0v) is 11.0. The summed E-state index contributed by atoms with van der Waals surface area (Å²) in [6.45, 7) is 1.05. The quantitative estimate of drug-likeness (QED) is 0.464. The van der Waals surface area contributed by atoms with Crippen molar-refractivity contribution >= 4 is 27.7 Å². The van der Waals surface area contributed by atoms with Gasteiger partial charge in [-0.1, -0.05) is 0 Å². The second kappa shape index (κ2) is 5.16. The molecule has 1 aromatic rings. The number of nitrogens with two attached hydrogens (primary N) is 1. The molecule has 6 nitrogen and oxygen atoms in total. The van der Waals surface area contributed by atoms with Gasteiger partial charge in [0.2, 0.25) is 5.95 Å². The molecule has 5 N–H and O–H groups in total. The van der Waals surface area contributed by atoms with Crippen LogP contribution in [0.15, 0.2) is 10.7 Å². The summed E-state index contributed by atoms with van der Waals surface area (Å²) in [5.41, 5.74) is 2.65. The largest absolute Gasteiger partial charge is 0.396 e. The molecule has 94 valence electrons. The zero-order chi connectivity index (χ0) is 12.3. The van der Waals surface area contributed by atoms with Gasteiger partial charge in [0.15, 0.2) is 0 Å². The van der Waals surface area contributed by atoms with Crippen LogP contribution in [-0.4, -0.2) is 28.2 Å². The first-order valence-electron chi connectivity index (χ1n) is 5.53. The standard InChI is InChI=1S/C10H16BrN5O/c11-7-5-13-9(16-12)15-8(7)14-6-10(1-2-10)3-4-17/h5,17H,1-4,6,12H2,(H2,13,14,15,16). The Labute approximate surface area is 108 Å². The van der Waals surface area contributed by atoms with Gasteiger partial charge in [-0.25, -0.2) is 10.8 Å². The van der Waals surface area contributed by atoms with E-state index < -0.39 is 0 Å². The maximum Gasteiger partial charge on any atom is 0.239 e. The number of nitrogen functional groups attached to an aromatic ring is 1. The molecule has 1 aromatic heterocycles. The van der Waals surface area contributed by atoms with Gasteiger partial charge in [-0.2, -0.15) is 4.98 Å². The van der Waals surface area contributed by atoms with Crippen molar-refractivity contribution in [2.75, 3.05) is 23.9 Å². The van der Waals surface area contributed by atoms with E-state index in [1.807, 2.05) is 0 Å². The average molecular weight is 302 g/mol. The molecular weight excluding hydrogens is 286 g/mol. The Morgan fingerprint density at radius 3 is 2.88 bits per heavy atom. The summed E-state index contributed by atoms with van der Waals surface area (Å²) in [6.07, 6.45) is 4.80. The van der Waals surface area contributed by atoms with Crippen molar-refractivity contribution in [2.24, 2.45) is 11.3 Å². The summed E-state index contributed by atoms with van der Waals surface area (Å²) in [7, 11) is 0. The topological polar surface area (TPSA) is 96.1 Å². The smallest absolute Gasteiger partial charge is 0.239 e. The second-order valence-corrected chi connectivity index (χ2v) is 5.22. The van der Waals surface area contributed by atoms with Crippen LogP contribution in [0.3, 0.4) is 0 Å². The third kappa shape index (κ3) is 3.05. The highest BCUT2D eigenvalue weighted by Gasteiger charge is 2.41. The van der Waals surface area contributed by atoms with E-state index in [2.05, 4.69) is 36.6 Å². The predicted octanol–water partition coefficient (Wildman–Crippen LogP) is 1.10. The number of nitrogens with zero attached hydrogens (tertiary/aromatic N) is 2. The van der Waals surface area contributed by atoms with Crippen molar-refractivity contribution in [2.45, 2.75) is 19.3 Å². The lowest BCUT2D eigenvalue weighted by Gasteiger charge is -2.15. The monoisotopic (exact) mass is 301 g/mol. The van der Waals surface area contributed by atoms with Gasteiger partial charge in [0.05, 0.1) is 4.47 Å². The predicted molar refractivity (Wildman–Crippen MR) is 69.4 cm³/mol. The molecule has 0 radical (unpaired) electrons. The Hall–Kier alpha value is -0.920. The van der Waals surface area contributed by atoms with Crippen LogP contribution in [0.25, 0.3) is 0 Å². The lowest BCUT2D eigenvalue weighted by Crippen LogP contribution is -2.18. The number of hydrogen-bond donors (Lipinski definition) is 4. The molecule has 0 bridgehead atoms. The van der Waals surface area contributed by atoms with Crippen molar-refractivity contribution in [3.8, 4) is 0 Å². The summed E-state index contributed by atoms with van der Waals surface area (Å²) in [4.78, 5) is 8.19. The minimum Gasteiger partial charge on any atom is -0.396 e. The van der Waals surface area contributed by atoms with Crippen molar-refractivity contribution in [3.05, 3.63) is 10.7 Å². The van der Waals surface area contributed by atoms with Gasteiger partial charge in [0, 0.05) is 19.3 Å². The van der Waals surface area contributed by atoms with E-state index >= 15 is 0 Å². The second-order valence-electron chi connectivity index (χ2n) is 4.36. The van der Waals surface area contributed by atoms with Gasteiger partial charge in [-0.05, 0) is 40.6 Å². The highest BCUT2D eigenvalue weighted by Crippen LogP contribution is 2.48. The highest BCUT2D eigenvalue weighted by molar-refractivity contribution is 9.10. The SMILES string of the molecule is NNc1ncc(Br)c(NCC2(CCO)CC2)n1. The van der Waals surface area contributed by atoms with Gasteiger partial charge in [-0.3, -0.25) is 5.43 Å². The molecule has 0 aromatic carbocycles. The third-order valence-corrected chi connectivity index (χ3v) is 3.68. The van der Waals surface area contributed by atoms with Crippen molar-refractivity contribution in [1.29, 1.82) is 0 Å². The molecule has 0 saturated heterocycles. The van der Waals surface area contributed by atoms with Crippen molar-refractivity contribution in [3.63, 3.8) is 0 Å². The Morgan fingerprint density at radius 2 is 2.29 bits per heavy atom. The van der Waals surface area contributed by atoms with E-state index in [0.717, 1.165) is 36.1 Å². The summed E-state index contributed by atoms with van der Waals surface area (Å²) >= 11 is 3.38. The Bertz CT molecular complexity index is 396. The highest BCUT2D eigenvalue weighted by atomic mass is 79.9. The van der Waals surface area contributed by atoms with Crippen LogP contribution in [0.5, 0.6) is 0 Å². The van der Waals surface area contributed by atoms with Gasteiger partial charge in [-0.15, -0.1) is 0 Å². The van der Waals surface area contributed by atoms with Crippen molar-refractivity contribution < 1.29 is 5.11 Å². The van der Waals surface area contributed by atoms with E-state index in [9.17, 15) is 0 Å². The number of anilines is 2. The molecule has 1 aliphatic rings. The number of aliphatic hydroxyl groups excluding tert-OH is 1. The fraction of sp³-hybridized carbons (Fsp3) is 0.600. The molecule has 0 spiro atoms. The van der Waals surface area contributed by atoms with Crippen LogP contribution in [0.2, 0.25) is 0 Å². The lowest BCUT2D eigenvalue weighted by atomic mass is 10.0. The number of hydrogen-bond acceptors (Lipinski definition) is 6. The van der Waals surface area contributed by atoms with E-state index in [1.54, 1.807) is 6.20 Å². The summed E-state index contributed by atoms with van der Waals surface area (Å²) in [6, 6.07) is 0. The van der Waals surface area contributed by atoms with E-state index in [1.165, 1.54) is 0 Å². The van der Waals surface area contributed by atoms with Crippen LogP contribution in [-0.2, 0) is 0 Å². The number of nitrogens with one attached hydrogen (secondary N) is 2. The zero-order valence-electron chi connectivity index (χ0n) is 9.41. The molecule has 1 fully saturated rings. The molecule has 0 amide bonds. The Balaban J connectivity index is 1.98. The fourth-order valence-corrected chi connectivity index (χ4v) is 2.09. The van der Waals surface area contributed by atoms with Gasteiger partial charge in [0.1, 0.15) is 5.82 Å². The minimum atomic E-state index is 0.238. The van der Waals surface area contributed by atoms with Crippen LogP contribution >= 0.6 is 15.9 Å². The third-order valence-electron chi connectivity index (χ3n) is 3.10. The molecule has 2 rings (SSSR count). The number of aromatic nitrogens is 2. The van der Waals surface area contributed by atoms with E-state index in [0.29, 0.717) is 5.95 Å². The first kappa shape index (κ1) is 12.5. The van der Waals surface area contributed by atoms with Crippen LogP contribution in [0.1, 0.15) is 19.3 Å². The first-order valence-corrected chi connectivity index (χ1v) is 6.32. The Morgan fingerprint density at radius 1 is 1.53 bits per heavy atom. The molecule has 7 heteroatoms. The van der Waals surface area contributed by atoms with E-state index in [-0.39, 0.29) is 12.0 Å². The normalized spacial score (nSPS) is 16.6. The number of aliphatic hydroxyl groups is 1. The first-order chi connectivity index (χ1) is 8.19. The minimum absolute atomic E-state index is 0.238. The molecule has 0 aliphatic heterocycles. The van der Waals surface area contributed by atoms with Gasteiger partial charge in [0.25, 0.3) is 0 Å². The van der Waals surface area contributed by atoms with Gasteiger partial charge < -0.3 is 10.4 Å². The molecule has 1 saturated carbocycles. The molecule has 0 unspecified atom stereocenters. The number of halogens is 1. The van der Waals surface area contributed by atoms with Gasteiger partial charge >= 0.3 is 0 Å². The molecule has 1 aliphatic carbocycles. The molecule has 0 atom stereocenters. The van der Waals surface area contributed by atoms with Crippen molar-refractivity contribution in [1.82, 2.24) is 9.97 Å². The maximum atomic E-state index is 8.99. The number of rotatable bonds is 6. The fourth-order valence-electron chi connectivity index (χ4n) is 1.76. The molecule has 17 heavy (non-hydrogen) atoms. The lowest BCUT2D eigenvalue weighted by molar-refractivity contribution is 0.253. The average Bonchev–Trinajstić information content (AvgIpc) is 3.09. The Kier molecular flexibility index (Phi) is 3.80. The summed E-state index contributed by atoms with van der Waals surface area (Å²) in [5.74, 6) is 6.36.